The molecular weight excluding hydrogens is 324 g/mol. The van der Waals surface area contributed by atoms with Gasteiger partial charge in [0.2, 0.25) is 0 Å². The first-order chi connectivity index (χ1) is 11.0. The fourth-order valence-corrected chi connectivity index (χ4v) is 2.17. The van der Waals surface area contributed by atoms with Crippen molar-refractivity contribution in [3.63, 3.8) is 0 Å². The second kappa shape index (κ2) is 6.22. The Morgan fingerprint density at radius 2 is 1.74 bits per heavy atom. The standard InChI is InChI=1S/C17H10ClF2NO2/c18-13-9-10(1-6-14(13)20)15-7-8-16(23-15)17(22)21-12-4-2-11(19)3-5-12/h1-9H,(H,21,22). The topological polar surface area (TPSA) is 42.2 Å². The zero-order valence-corrected chi connectivity index (χ0v) is 12.4. The number of benzene rings is 2. The third kappa shape index (κ3) is 3.40. The van der Waals surface area contributed by atoms with Crippen LogP contribution >= 0.6 is 11.6 Å². The number of hydrogen-bond acceptors (Lipinski definition) is 2. The molecule has 0 unspecified atom stereocenters. The molecule has 0 atom stereocenters. The molecular formula is C17H10ClF2NO2. The van der Waals surface area contributed by atoms with Crippen molar-refractivity contribution in [1.82, 2.24) is 0 Å². The first-order valence-corrected chi connectivity index (χ1v) is 7.03. The maximum absolute atomic E-state index is 13.2. The predicted molar refractivity (Wildman–Crippen MR) is 83.5 cm³/mol. The summed E-state index contributed by atoms with van der Waals surface area (Å²) in [4.78, 5) is 12.1. The molecule has 3 nitrogen and oxygen atoms in total. The second-order valence-corrected chi connectivity index (χ2v) is 5.16. The molecule has 0 radical (unpaired) electrons. The summed E-state index contributed by atoms with van der Waals surface area (Å²) in [5, 5.41) is 2.55. The van der Waals surface area contributed by atoms with E-state index in [1.54, 1.807) is 6.07 Å². The lowest BCUT2D eigenvalue weighted by Crippen LogP contribution is -2.10. The lowest BCUT2D eigenvalue weighted by Gasteiger charge is -2.03. The first kappa shape index (κ1) is 15.2. The third-order valence-electron chi connectivity index (χ3n) is 3.14. The smallest absolute Gasteiger partial charge is 0.291 e. The van der Waals surface area contributed by atoms with Crippen LogP contribution in [0.25, 0.3) is 11.3 Å². The van der Waals surface area contributed by atoms with Gasteiger partial charge in [-0.2, -0.15) is 0 Å². The summed E-state index contributed by atoms with van der Waals surface area (Å²) in [6.07, 6.45) is 0. The summed E-state index contributed by atoms with van der Waals surface area (Å²) >= 11 is 5.73. The summed E-state index contributed by atoms with van der Waals surface area (Å²) in [5.41, 5.74) is 0.997. The van der Waals surface area contributed by atoms with Crippen molar-refractivity contribution in [2.24, 2.45) is 0 Å². The van der Waals surface area contributed by atoms with Crippen molar-refractivity contribution >= 4 is 23.2 Å². The molecule has 0 fully saturated rings. The van der Waals surface area contributed by atoms with Crippen molar-refractivity contribution in [2.75, 3.05) is 5.32 Å². The predicted octanol–water partition coefficient (Wildman–Crippen LogP) is 5.13. The molecule has 1 N–H and O–H groups in total. The van der Waals surface area contributed by atoms with Gasteiger partial charge in [-0.05, 0) is 54.6 Å². The number of nitrogens with one attached hydrogen (secondary N) is 1. The monoisotopic (exact) mass is 333 g/mol. The Morgan fingerprint density at radius 3 is 2.43 bits per heavy atom. The van der Waals surface area contributed by atoms with Crippen molar-refractivity contribution in [1.29, 1.82) is 0 Å². The molecule has 0 aliphatic rings. The largest absolute Gasteiger partial charge is 0.451 e. The van der Waals surface area contributed by atoms with E-state index in [2.05, 4.69) is 5.32 Å². The number of amides is 1. The average Bonchev–Trinajstić information content (AvgIpc) is 3.02. The van der Waals surface area contributed by atoms with Crippen LogP contribution in [0.2, 0.25) is 5.02 Å². The lowest BCUT2D eigenvalue weighted by molar-refractivity contribution is 0.0997. The highest BCUT2D eigenvalue weighted by molar-refractivity contribution is 6.31. The van der Waals surface area contributed by atoms with Crippen LogP contribution in [0.1, 0.15) is 10.6 Å². The number of carbonyl (C=O) groups is 1. The Kier molecular flexibility index (Phi) is 4.12. The molecule has 6 heteroatoms. The van der Waals surface area contributed by atoms with Gasteiger partial charge in [-0.25, -0.2) is 8.78 Å². The van der Waals surface area contributed by atoms with E-state index in [0.717, 1.165) is 0 Å². The zero-order chi connectivity index (χ0) is 16.4. The lowest BCUT2D eigenvalue weighted by atomic mass is 10.2. The average molecular weight is 334 g/mol. The van der Waals surface area contributed by atoms with E-state index in [1.165, 1.54) is 48.5 Å². The quantitative estimate of drug-likeness (QED) is 0.722. The van der Waals surface area contributed by atoms with Crippen molar-refractivity contribution in [3.8, 4) is 11.3 Å². The van der Waals surface area contributed by atoms with Crippen LogP contribution in [0.3, 0.4) is 0 Å². The summed E-state index contributed by atoms with van der Waals surface area (Å²) in [6, 6.07) is 12.6. The molecule has 23 heavy (non-hydrogen) atoms. The maximum Gasteiger partial charge on any atom is 0.291 e. The molecule has 0 saturated heterocycles. The van der Waals surface area contributed by atoms with Crippen LogP contribution < -0.4 is 5.32 Å². The van der Waals surface area contributed by atoms with Gasteiger partial charge in [-0.15, -0.1) is 0 Å². The minimum atomic E-state index is -0.531. The molecule has 116 valence electrons. The second-order valence-electron chi connectivity index (χ2n) is 4.75. The minimum Gasteiger partial charge on any atom is -0.451 e. The van der Waals surface area contributed by atoms with Gasteiger partial charge >= 0.3 is 0 Å². The fraction of sp³-hybridized carbons (Fsp3) is 0. The first-order valence-electron chi connectivity index (χ1n) is 6.65. The number of rotatable bonds is 3. The molecule has 3 rings (SSSR count). The van der Waals surface area contributed by atoms with Crippen LogP contribution in [0.15, 0.2) is 59.0 Å². The number of carbonyl (C=O) groups excluding carboxylic acids is 1. The number of anilines is 1. The summed E-state index contributed by atoms with van der Waals surface area (Å²) in [6.45, 7) is 0. The molecule has 1 heterocycles. The Morgan fingerprint density at radius 1 is 1.00 bits per heavy atom. The van der Waals surface area contributed by atoms with Crippen LogP contribution in [-0.2, 0) is 0 Å². The molecule has 0 bridgehead atoms. The Balaban J connectivity index is 1.79. The van der Waals surface area contributed by atoms with Gasteiger partial charge < -0.3 is 9.73 Å². The maximum atomic E-state index is 13.2. The highest BCUT2D eigenvalue weighted by Crippen LogP contribution is 2.26. The van der Waals surface area contributed by atoms with E-state index < -0.39 is 17.5 Å². The van der Waals surface area contributed by atoms with Gasteiger partial charge in [-0.1, -0.05) is 11.6 Å². The van der Waals surface area contributed by atoms with Crippen molar-refractivity contribution in [2.45, 2.75) is 0 Å². The van der Waals surface area contributed by atoms with E-state index in [4.69, 9.17) is 16.0 Å². The minimum absolute atomic E-state index is 0.0313. The Hall–Kier alpha value is -2.66. The van der Waals surface area contributed by atoms with Crippen molar-refractivity contribution < 1.29 is 18.0 Å². The highest BCUT2D eigenvalue weighted by atomic mass is 35.5. The van der Waals surface area contributed by atoms with E-state index >= 15 is 0 Å². The zero-order valence-electron chi connectivity index (χ0n) is 11.6. The molecule has 0 spiro atoms. The van der Waals surface area contributed by atoms with Gasteiger partial charge in [0, 0.05) is 11.3 Å². The fourth-order valence-electron chi connectivity index (χ4n) is 1.99. The summed E-state index contributed by atoms with van der Waals surface area (Å²) in [7, 11) is 0. The SMILES string of the molecule is O=C(Nc1ccc(F)cc1)c1ccc(-c2ccc(F)c(Cl)c2)o1. The van der Waals surface area contributed by atoms with Crippen LogP contribution in [0.4, 0.5) is 14.5 Å². The van der Waals surface area contributed by atoms with E-state index in [0.29, 0.717) is 17.0 Å². The van der Waals surface area contributed by atoms with Crippen molar-refractivity contribution in [3.05, 3.63) is 77.0 Å². The molecule has 2 aromatic carbocycles. The molecule has 1 amide bonds. The van der Waals surface area contributed by atoms with E-state index in [1.807, 2.05) is 0 Å². The van der Waals surface area contributed by atoms with Gasteiger partial charge in [0.05, 0.1) is 5.02 Å². The van der Waals surface area contributed by atoms with Gasteiger partial charge in [-0.3, -0.25) is 4.79 Å². The van der Waals surface area contributed by atoms with E-state index in [-0.39, 0.29) is 10.8 Å². The van der Waals surface area contributed by atoms with Crippen LogP contribution in [-0.4, -0.2) is 5.91 Å². The normalized spacial score (nSPS) is 10.6. The molecule has 0 aliphatic heterocycles. The number of furan rings is 1. The van der Waals surface area contributed by atoms with E-state index in [9.17, 15) is 13.6 Å². The highest BCUT2D eigenvalue weighted by Gasteiger charge is 2.13. The number of halogens is 3. The summed E-state index contributed by atoms with van der Waals surface area (Å²) < 4.78 is 31.5. The van der Waals surface area contributed by atoms with Crippen LogP contribution in [0, 0.1) is 11.6 Å². The van der Waals surface area contributed by atoms with Gasteiger partial charge in [0.15, 0.2) is 5.76 Å². The Labute approximate surface area is 135 Å². The molecule has 0 aliphatic carbocycles. The van der Waals surface area contributed by atoms with Gasteiger partial charge in [0.25, 0.3) is 5.91 Å². The van der Waals surface area contributed by atoms with Gasteiger partial charge in [0.1, 0.15) is 17.4 Å². The third-order valence-corrected chi connectivity index (χ3v) is 3.43. The summed E-state index contributed by atoms with van der Waals surface area (Å²) in [5.74, 6) is -0.940. The number of hydrogen-bond donors (Lipinski definition) is 1. The molecule has 1 aromatic heterocycles. The Bertz CT molecular complexity index is 859. The molecule has 3 aromatic rings. The van der Waals surface area contributed by atoms with Crippen LogP contribution in [0.5, 0.6) is 0 Å². The molecule has 0 saturated carbocycles.